The highest BCUT2D eigenvalue weighted by molar-refractivity contribution is 9.10. The lowest BCUT2D eigenvalue weighted by atomic mass is 10.2. The smallest absolute Gasteiger partial charge is 0.277 e. The van der Waals surface area contributed by atoms with Crippen molar-refractivity contribution in [1.29, 1.82) is 0 Å². The molecule has 7 heteroatoms. The van der Waals surface area contributed by atoms with Crippen LogP contribution in [0.3, 0.4) is 0 Å². The first kappa shape index (κ1) is 12.9. The van der Waals surface area contributed by atoms with Gasteiger partial charge in [-0.05, 0) is 18.2 Å². The predicted molar refractivity (Wildman–Crippen MR) is 74.4 cm³/mol. The Bertz CT molecular complexity index is 696. The summed E-state index contributed by atoms with van der Waals surface area (Å²) in [5.74, 6) is 0.854. The van der Waals surface area contributed by atoms with E-state index in [1.165, 1.54) is 0 Å². The molecule has 0 atom stereocenters. The van der Waals surface area contributed by atoms with Gasteiger partial charge in [0.1, 0.15) is 23.9 Å². The fourth-order valence-electron chi connectivity index (χ4n) is 2.09. The SMILES string of the molecule is O=CNC(=O)c1cn2c(n1)-c1cc(Br)ccc1OCC2. The molecule has 20 heavy (non-hydrogen) atoms. The van der Waals surface area contributed by atoms with Gasteiger partial charge >= 0.3 is 0 Å². The van der Waals surface area contributed by atoms with Gasteiger partial charge in [0.15, 0.2) is 0 Å². The fourth-order valence-corrected chi connectivity index (χ4v) is 2.46. The maximum Gasteiger partial charge on any atom is 0.277 e. The van der Waals surface area contributed by atoms with Crippen molar-refractivity contribution in [3.05, 3.63) is 34.6 Å². The maximum atomic E-state index is 11.7. The van der Waals surface area contributed by atoms with Crippen LogP contribution >= 0.6 is 15.9 Å². The summed E-state index contributed by atoms with van der Waals surface area (Å²) in [5.41, 5.74) is 1.02. The van der Waals surface area contributed by atoms with Gasteiger partial charge in [0, 0.05) is 10.7 Å². The van der Waals surface area contributed by atoms with Crippen molar-refractivity contribution in [3.63, 3.8) is 0 Å². The van der Waals surface area contributed by atoms with Gasteiger partial charge in [0.05, 0.1) is 12.1 Å². The molecule has 2 heterocycles. The molecule has 0 spiro atoms. The zero-order chi connectivity index (χ0) is 14.1. The number of amides is 2. The van der Waals surface area contributed by atoms with E-state index in [0.29, 0.717) is 25.4 Å². The van der Waals surface area contributed by atoms with Crippen LogP contribution in [0.5, 0.6) is 5.75 Å². The lowest BCUT2D eigenvalue weighted by molar-refractivity contribution is -0.108. The number of aromatic nitrogens is 2. The summed E-state index contributed by atoms with van der Waals surface area (Å²) >= 11 is 3.41. The Hall–Kier alpha value is -2.15. The Kier molecular flexibility index (Phi) is 3.27. The number of rotatable bonds is 2. The number of carbonyl (C=O) groups excluding carboxylic acids is 2. The molecule has 0 fully saturated rings. The van der Waals surface area contributed by atoms with E-state index in [-0.39, 0.29) is 5.69 Å². The van der Waals surface area contributed by atoms with E-state index in [2.05, 4.69) is 26.2 Å². The third-order valence-electron chi connectivity index (χ3n) is 2.97. The van der Waals surface area contributed by atoms with Gasteiger partial charge in [-0.15, -0.1) is 0 Å². The minimum Gasteiger partial charge on any atom is -0.491 e. The Labute approximate surface area is 122 Å². The molecule has 1 aromatic carbocycles. The monoisotopic (exact) mass is 335 g/mol. The largest absolute Gasteiger partial charge is 0.491 e. The second-order valence-corrected chi connectivity index (χ2v) is 5.14. The summed E-state index contributed by atoms with van der Waals surface area (Å²) in [6.07, 6.45) is 1.97. The molecule has 1 aliphatic heterocycles. The second-order valence-electron chi connectivity index (χ2n) is 4.22. The van der Waals surface area contributed by atoms with E-state index in [1.807, 2.05) is 22.8 Å². The lowest BCUT2D eigenvalue weighted by Crippen LogP contribution is -2.21. The first-order valence-electron chi connectivity index (χ1n) is 5.93. The lowest BCUT2D eigenvalue weighted by Gasteiger charge is -2.06. The molecule has 6 nitrogen and oxygen atoms in total. The number of hydrogen-bond acceptors (Lipinski definition) is 4. The average molecular weight is 336 g/mol. The average Bonchev–Trinajstić information content (AvgIpc) is 2.78. The van der Waals surface area contributed by atoms with E-state index >= 15 is 0 Å². The summed E-state index contributed by atoms with van der Waals surface area (Å²) in [7, 11) is 0. The number of benzene rings is 1. The Morgan fingerprint density at radius 2 is 2.35 bits per heavy atom. The molecule has 2 amide bonds. The van der Waals surface area contributed by atoms with Crippen molar-refractivity contribution < 1.29 is 14.3 Å². The Morgan fingerprint density at radius 3 is 3.15 bits per heavy atom. The quantitative estimate of drug-likeness (QED) is 0.846. The molecule has 0 bridgehead atoms. The first-order valence-corrected chi connectivity index (χ1v) is 6.73. The summed E-state index contributed by atoms with van der Waals surface area (Å²) < 4.78 is 8.40. The third kappa shape index (κ3) is 2.20. The van der Waals surface area contributed by atoms with E-state index in [1.54, 1.807) is 6.20 Å². The molecule has 0 radical (unpaired) electrons. The Morgan fingerprint density at radius 1 is 1.50 bits per heavy atom. The van der Waals surface area contributed by atoms with Crippen LogP contribution in [0, 0.1) is 0 Å². The molecular formula is C13H10BrN3O3. The number of hydrogen-bond donors (Lipinski definition) is 1. The summed E-state index contributed by atoms with van der Waals surface area (Å²) in [4.78, 5) is 26.3. The van der Waals surface area contributed by atoms with Crippen LogP contribution in [-0.2, 0) is 11.3 Å². The molecule has 1 aromatic heterocycles. The minimum absolute atomic E-state index is 0.208. The van der Waals surface area contributed by atoms with Crippen LogP contribution in [0.1, 0.15) is 10.5 Å². The molecule has 102 valence electrons. The second kappa shape index (κ2) is 5.09. The fraction of sp³-hybridized carbons (Fsp3) is 0.154. The van der Waals surface area contributed by atoms with Gasteiger partial charge in [-0.3, -0.25) is 14.9 Å². The Balaban J connectivity index is 2.11. The van der Waals surface area contributed by atoms with Crippen molar-refractivity contribution >= 4 is 28.2 Å². The molecule has 1 aliphatic rings. The van der Waals surface area contributed by atoms with E-state index in [4.69, 9.17) is 4.74 Å². The van der Waals surface area contributed by atoms with Crippen molar-refractivity contribution in [2.24, 2.45) is 0 Å². The minimum atomic E-state index is -0.516. The summed E-state index contributed by atoms with van der Waals surface area (Å²) in [5, 5.41) is 2.09. The van der Waals surface area contributed by atoms with Gasteiger partial charge in [0.2, 0.25) is 6.41 Å². The number of nitrogens with zero attached hydrogens (tertiary/aromatic N) is 2. The van der Waals surface area contributed by atoms with Crippen molar-refractivity contribution in [2.45, 2.75) is 6.54 Å². The van der Waals surface area contributed by atoms with E-state index in [9.17, 15) is 9.59 Å². The van der Waals surface area contributed by atoms with Crippen LogP contribution in [-0.4, -0.2) is 28.5 Å². The van der Waals surface area contributed by atoms with Crippen LogP contribution in [0.15, 0.2) is 28.9 Å². The number of halogens is 1. The molecule has 2 aromatic rings. The van der Waals surface area contributed by atoms with Gasteiger partial charge in [0.25, 0.3) is 5.91 Å². The summed E-state index contributed by atoms with van der Waals surface area (Å²) in [6.45, 7) is 1.08. The van der Waals surface area contributed by atoms with Gasteiger partial charge in [-0.25, -0.2) is 4.98 Å². The van der Waals surface area contributed by atoms with Crippen molar-refractivity contribution in [1.82, 2.24) is 14.9 Å². The zero-order valence-corrected chi connectivity index (χ0v) is 11.9. The molecule has 0 unspecified atom stereocenters. The number of ether oxygens (including phenoxy) is 1. The van der Waals surface area contributed by atoms with E-state index in [0.717, 1.165) is 15.8 Å². The van der Waals surface area contributed by atoms with Crippen LogP contribution in [0.2, 0.25) is 0 Å². The standard InChI is InChI=1S/C13H10BrN3O3/c14-8-1-2-11-9(5-8)12-16-10(13(19)15-7-18)6-17(12)3-4-20-11/h1-2,5-7H,3-4H2,(H,15,18,19). The number of fused-ring (bicyclic) bond motifs is 3. The number of imide groups is 1. The highest BCUT2D eigenvalue weighted by Crippen LogP contribution is 2.34. The van der Waals surface area contributed by atoms with E-state index < -0.39 is 5.91 Å². The first-order chi connectivity index (χ1) is 9.69. The maximum absolute atomic E-state index is 11.7. The molecule has 3 rings (SSSR count). The topological polar surface area (TPSA) is 73.2 Å². The normalized spacial score (nSPS) is 12.7. The van der Waals surface area contributed by atoms with Gasteiger partial charge in [-0.2, -0.15) is 0 Å². The molecule has 0 saturated carbocycles. The number of carbonyl (C=O) groups is 2. The van der Waals surface area contributed by atoms with Crippen LogP contribution < -0.4 is 10.1 Å². The molecule has 0 aliphatic carbocycles. The predicted octanol–water partition coefficient (Wildman–Crippen LogP) is 1.59. The number of nitrogens with one attached hydrogen (secondary N) is 1. The molecule has 0 saturated heterocycles. The third-order valence-corrected chi connectivity index (χ3v) is 3.46. The summed E-state index contributed by atoms with van der Waals surface area (Å²) in [6, 6.07) is 5.63. The number of imidazole rings is 1. The van der Waals surface area contributed by atoms with Gasteiger partial charge in [-0.1, -0.05) is 15.9 Å². The van der Waals surface area contributed by atoms with Gasteiger partial charge < -0.3 is 9.30 Å². The van der Waals surface area contributed by atoms with Crippen LogP contribution in [0.25, 0.3) is 11.4 Å². The highest BCUT2D eigenvalue weighted by Gasteiger charge is 2.20. The molecular weight excluding hydrogens is 326 g/mol. The van der Waals surface area contributed by atoms with Crippen LogP contribution in [0.4, 0.5) is 0 Å². The van der Waals surface area contributed by atoms with Crippen molar-refractivity contribution in [3.8, 4) is 17.1 Å². The molecule has 1 N–H and O–H groups in total. The highest BCUT2D eigenvalue weighted by atomic mass is 79.9. The zero-order valence-electron chi connectivity index (χ0n) is 10.3. The van der Waals surface area contributed by atoms with Crippen molar-refractivity contribution in [2.75, 3.05) is 6.61 Å².